The maximum absolute atomic E-state index is 12.5. The van der Waals surface area contributed by atoms with Crippen molar-refractivity contribution in [3.05, 3.63) is 34.7 Å². The molecule has 5 heteroatoms. The lowest BCUT2D eigenvalue weighted by molar-refractivity contribution is -0.122. The molecule has 0 N–H and O–H groups in total. The quantitative estimate of drug-likeness (QED) is 0.417. The summed E-state index contributed by atoms with van der Waals surface area (Å²) in [6.07, 6.45) is 6.39. The predicted octanol–water partition coefficient (Wildman–Crippen LogP) is 4.48. The zero-order valence-electron chi connectivity index (χ0n) is 13.0. The van der Waals surface area contributed by atoms with Crippen LogP contribution in [-0.2, 0) is 4.79 Å². The van der Waals surface area contributed by atoms with E-state index in [9.17, 15) is 4.79 Å². The maximum atomic E-state index is 12.5. The Morgan fingerprint density at radius 1 is 1.27 bits per heavy atom. The highest BCUT2D eigenvalue weighted by molar-refractivity contribution is 8.26. The van der Waals surface area contributed by atoms with Gasteiger partial charge in [0, 0.05) is 12.1 Å². The van der Waals surface area contributed by atoms with Crippen molar-refractivity contribution in [2.24, 2.45) is 0 Å². The molecule has 1 aromatic carbocycles. The Kier molecular flexibility index (Phi) is 6.46. The van der Waals surface area contributed by atoms with Crippen molar-refractivity contribution in [3.8, 4) is 5.75 Å². The standard InChI is InChI=1S/C17H21NO2S2/c1-3-4-5-8-11-18-16(19)15(22-17(18)21)12-13-9-6-7-10-14(13)20-2/h6-7,9-10,12H,3-5,8,11H2,1-2H3. The van der Waals surface area contributed by atoms with E-state index in [-0.39, 0.29) is 5.91 Å². The molecule has 1 aromatic rings. The molecule has 0 bridgehead atoms. The first kappa shape index (κ1) is 17.0. The number of methoxy groups -OCH3 is 1. The normalized spacial score (nSPS) is 16.6. The van der Waals surface area contributed by atoms with Gasteiger partial charge in [0.25, 0.3) is 5.91 Å². The lowest BCUT2D eigenvalue weighted by Crippen LogP contribution is -2.29. The molecule has 1 aliphatic heterocycles. The molecule has 0 radical (unpaired) electrons. The molecule has 3 nitrogen and oxygen atoms in total. The molecule has 0 atom stereocenters. The van der Waals surface area contributed by atoms with Gasteiger partial charge in [0.2, 0.25) is 0 Å². The van der Waals surface area contributed by atoms with Crippen LogP contribution >= 0.6 is 24.0 Å². The third kappa shape index (κ3) is 4.11. The maximum Gasteiger partial charge on any atom is 0.266 e. The summed E-state index contributed by atoms with van der Waals surface area (Å²) < 4.78 is 5.98. The Bertz CT molecular complexity index is 584. The molecule has 0 aliphatic carbocycles. The number of thiocarbonyl (C=S) groups is 1. The smallest absolute Gasteiger partial charge is 0.266 e. The number of hydrogen-bond acceptors (Lipinski definition) is 4. The van der Waals surface area contributed by atoms with Crippen LogP contribution in [0.1, 0.15) is 38.2 Å². The van der Waals surface area contributed by atoms with Gasteiger partial charge in [-0.25, -0.2) is 0 Å². The topological polar surface area (TPSA) is 29.5 Å². The summed E-state index contributed by atoms with van der Waals surface area (Å²) in [5.74, 6) is 0.771. The van der Waals surface area contributed by atoms with E-state index in [1.165, 1.54) is 24.6 Å². The Labute approximate surface area is 141 Å². The van der Waals surface area contributed by atoms with E-state index >= 15 is 0 Å². The zero-order valence-corrected chi connectivity index (χ0v) is 14.6. The van der Waals surface area contributed by atoms with E-state index in [1.54, 1.807) is 12.0 Å². The summed E-state index contributed by atoms with van der Waals surface area (Å²) in [5.41, 5.74) is 0.900. The Hall–Kier alpha value is -1.33. The van der Waals surface area contributed by atoms with Gasteiger partial charge < -0.3 is 4.74 Å². The van der Waals surface area contributed by atoms with Crippen molar-refractivity contribution in [2.45, 2.75) is 32.6 Å². The number of hydrogen-bond donors (Lipinski definition) is 0. The number of para-hydroxylation sites is 1. The fourth-order valence-corrected chi connectivity index (χ4v) is 3.62. The number of rotatable bonds is 7. The van der Waals surface area contributed by atoms with Crippen LogP contribution in [-0.4, -0.2) is 28.8 Å². The fraction of sp³-hybridized carbons (Fsp3) is 0.412. The third-order valence-electron chi connectivity index (χ3n) is 3.53. The van der Waals surface area contributed by atoms with Crippen molar-refractivity contribution >= 4 is 40.3 Å². The van der Waals surface area contributed by atoms with E-state index in [0.717, 1.165) is 24.2 Å². The SMILES string of the molecule is CCCCCCN1C(=O)C(=Cc2ccccc2OC)SC1=S. The molecular weight excluding hydrogens is 314 g/mol. The minimum Gasteiger partial charge on any atom is -0.496 e. The highest BCUT2D eigenvalue weighted by Crippen LogP contribution is 2.34. The second-order valence-corrected chi connectivity index (χ2v) is 6.81. The van der Waals surface area contributed by atoms with Crippen molar-refractivity contribution in [1.82, 2.24) is 4.90 Å². The van der Waals surface area contributed by atoms with Gasteiger partial charge in [0.15, 0.2) is 0 Å². The molecule has 0 saturated carbocycles. The summed E-state index contributed by atoms with van der Waals surface area (Å²) in [7, 11) is 1.63. The molecule has 1 heterocycles. The van der Waals surface area contributed by atoms with Crippen LogP contribution in [0.2, 0.25) is 0 Å². The highest BCUT2D eigenvalue weighted by Gasteiger charge is 2.31. The number of carbonyl (C=O) groups excluding carboxylic acids is 1. The Balaban J connectivity index is 2.09. The van der Waals surface area contributed by atoms with E-state index in [0.29, 0.717) is 15.8 Å². The molecule has 1 amide bonds. The van der Waals surface area contributed by atoms with Crippen molar-refractivity contribution in [1.29, 1.82) is 0 Å². The highest BCUT2D eigenvalue weighted by atomic mass is 32.2. The summed E-state index contributed by atoms with van der Waals surface area (Å²) >= 11 is 6.72. The number of ether oxygens (including phenoxy) is 1. The fourth-order valence-electron chi connectivity index (χ4n) is 2.32. The van der Waals surface area contributed by atoms with Gasteiger partial charge in [0.1, 0.15) is 10.1 Å². The molecule has 1 saturated heterocycles. The molecule has 22 heavy (non-hydrogen) atoms. The van der Waals surface area contributed by atoms with Gasteiger partial charge in [-0.15, -0.1) is 0 Å². The van der Waals surface area contributed by atoms with E-state index < -0.39 is 0 Å². The zero-order chi connectivity index (χ0) is 15.9. The molecule has 2 rings (SSSR count). The molecule has 1 fully saturated rings. The average Bonchev–Trinajstić information content (AvgIpc) is 2.79. The molecular formula is C17H21NO2S2. The van der Waals surface area contributed by atoms with Gasteiger partial charge in [-0.1, -0.05) is 68.4 Å². The minimum absolute atomic E-state index is 0.0115. The molecule has 118 valence electrons. The number of thioether (sulfide) groups is 1. The minimum atomic E-state index is 0.0115. The number of unbranched alkanes of at least 4 members (excludes halogenated alkanes) is 3. The summed E-state index contributed by atoms with van der Waals surface area (Å²) in [6, 6.07) is 7.67. The Morgan fingerprint density at radius 3 is 2.77 bits per heavy atom. The van der Waals surface area contributed by atoms with E-state index in [2.05, 4.69) is 6.92 Å². The molecule has 1 aliphatic rings. The monoisotopic (exact) mass is 335 g/mol. The Morgan fingerprint density at radius 2 is 2.05 bits per heavy atom. The first-order chi connectivity index (χ1) is 10.7. The van der Waals surface area contributed by atoms with Crippen LogP contribution in [0.5, 0.6) is 5.75 Å². The summed E-state index contributed by atoms with van der Waals surface area (Å²) in [5, 5.41) is 0. The lowest BCUT2D eigenvalue weighted by atomic mass is 10.2. The second-order valence-electron chi connectivity index (χ2n) is 5.14. The van der Waals surface area contributed by atoms with Crippen LogP contribution in [0.4, 0.5) is 0 Å². The van der Waals surface area contributed by atoms with Gasteiger partial charge in [-0.3, -0.25) is 9.69 Å². The van der Waals surface area contributed by atoms with Gasteiger partial charge in [0.05, 0.1) is 12.0 Å². The van der Waals surface area contributed by atoms with E-state index in [1.807, 2.05) is 30.3 Å². The first-order valence-corrected chi connectivity index (χ1v) is 8.78. The number of amides is 1. The first-order valence-electron chi connectivity index (χ1n) is 7.55. The van der Waals surface area contributed by atoms with Crippen LogP contribution in [0, 0.1) is 0 Å². The van der Waals surface area contributed by atoms with Gasteiger partial charge >= 0.3 is 0 Å². The van der Waals surface area contributed by atoms with Crippen LogP contribution in [0.3, 0.4) is 0 Å². The summed E-state index contributed by atoms with van der Waals surface area (Å²) in [6.45, 7) is 2.89. The molecule has 0 aromatic heterocycles. The largest absolute Gasteiger partial charge is 0.496 e. The van der Waals surface area contributed by atoms with Crippen molar-refractivity contribution < 1.29 is 9.53 Å². The van der Waals surface area contributed by atoms with Crippen LogP contribution in [0.15, 0.2) is 29.2 Å². The van der Waals surface area contributed by atoms with Gasteiger partial charge in [-0.2, -0.15) is 0 Å². The van der Waals surface area contributed by atoms with E-state index in [4.69, 9.17) is 17.0 Å². The van der Waals surface area contributed by atoms with Crippen molar-refractivity contribution in [3.63, 3.8) is 0 Å². The lowest BCUT2D eigenvalue weighted by Gasteiger charge is -2.13. The third-order valence-corrected chi connectivity index (χ3v) is 4.91. The number of nitrogens with zero attached hydrogens (tertiary/aromatic N) is 1. The molecule has 0 unspecified atom stereocenters. The molecule has 0 spiro atoms. The van der Waals surface area contributed by atoms with Crippen LogP contribution < -0.4 is 4.74 Å². The number of carbonyl (C=O) groups is 1. The predicted molar refractivity (Wildman–Crippen MR) is 97.0 cm³/mol. The van der Waals surface area contributed by atoms with Gasteiger partial charge in [-0.05, 0) is 18.6 Å². The van der Waals surface area contributed by atoms with Crippen molar-refractivity contribution in [2.75, 3.05) is 13.7 Å². The summed E-state index contributed by atoms with van der Waals surface area (Å²) in [4.78, 5) is 14.9. The average molecular weight is 335 g/mol. The second kappa shape index (κ2) is 8.34. The number of benzene rings is 1. The van der Waals surface area contributed by atoms with Crippen LogP contribution in [0.25, 0.3) is 6.08 Å².